The average molecular weight is 357 g/mol. The van der Waals surface area contributed by atoms with Gasteiger partial charge in [0.05, 0.1) is 13.2 Å². The molecule has 0 bridgehead atoms. The number of hydrogen-bond acceptors (Lipinski definition) is 4. The summed E-state index contributed by atoms with van der Waals surface area (Å²) in [5.41, 5.74) is 1.15. The predicted molar refractivity (Wildman–Crippen MR) is 102 cm³/mol. The van der Waals surface area contributed by atoms with Crippen molar-refractivity contribution in [3.05, 3.63) is 54.1 Å². The topological polar surface area (TPSA) is 56.8 Å². The third-order valence-electron chi connectivity index (χ3n) is 3.91. The number of amides is 1. The second-order valence-electron chi connectivity index (χ2n) is 6.22. The highest BCUT2D eigenvalue weighted by molar-refractivity contribution is 5.81. The molecule has 0 aromatic heterocycles. The molecule has 0 unspecified atom stereocenters. The molecule has 2 aromatic carbocycles. The molecule has 0 radical (unpaired) electrons. The van der Waals surface area contributed by atoms with Crippen molar-refractivity contribution in [1.82, 2.24) is 5.32 Å². The molecule has 26 heavy (non-hydrogen) atoms. The van der Waals surface area contributed by atoms with Crippen LogP contribution in [-0.4, -0.2) is 31.8 Å². The molecule has 1 amide bonds. The highest BCUT2D eigenvalue weighted by atomic mass is 16.5. The molecule has 2 aromatic rings. The van der Waals surface area contributed by atoms with E-state index < -0.39 is 6.10 Å². The fourth-order valence-electron chi connectivity index (χ4n) is 2.37. The molecule has 0 aliphatic rings. The van der Waals surface area contributed by atoms with E-state index in [1.807, 2.05) is 69.3 Å². The standard InChI is InChI=1S/C21H27NO4/c1-5-20(26-19-8-6-15(2)7-9-19)21(23)22-16(3)14-25-18-12-10-17(24-4)11-13-18/h6-13,16,20H,5,14H2,1-4H3,(H,22,23)/t16-,20+/m0/s1. The van der Waals surface area contributed by atoms with Crippen LogP contribution in [0, 0.1) is 6.92 Å². The molecule has 0 fully saturated rings. The fraction of sp³-hybridized carbons (Fsp3) is 0.381. The van der Waals surface area contributed by atoms with Crippen LogP contribution in [0.1, 0.15) is 25.8 Å². The quantitative estimate of drug-likeness (QED) is 0.743. The lowest BCUT2D eigenvalue weighted by Crippen LogP contribution is -2.44. The van der Waals surface area contributed by atoms with Gasteiger partial charge >= 0.3 is 0 Å². The van der Waals surface area contributed by atoms with E-state index in [1.54, 1.807) is 7.11 Å². The fourth-order valence-corrected chi connectivity index (χ4v) is 2.37. The van der Waals surface area contributed by atoms with Crippen molar-refractivity contribution in [1.29, 1.82) is 0 Å². The molecule has 2 rings (SSSR count). The Bertz CT molecular complexity index is 682. The van der Waals surface area contributed by atoms with Crippen LogP contribution in [0.25, 0.3) is 0 Å². The molecule has 0 heterocycles. The number of rotatable bonds is 9. The minimum atomic E-state index is -0.527. The SMILES string of the molecule is CC[C@@H](Oc1ccc(C)cc1)C(=O)N[C@@H](C)COc1ccc(OC)cc1. The molecule has 0 aliphatic heterocycles. The van der Waals surface area contributed by atoms with Crippen LogP contribution in [-0.2, 0) is 4.79 Å². The van der Waals surface area contributed by atoms with E-state index >= 15 is 0 Å². The van der Waals surface area contributed by atoms with Gasteiger partial charge in [0.25, 0.3) is 5.91 Å². The molecular formula is C21H27NO4. The highest BCUT2D eigenvalue weighted by Gasteiger charge is 2.20. The lowest BCUT2D eigenvalue weighted by atomic mass is 10.2. The van der Waals surface area contributed by atoms with Crippen LogP contribution in [0.4, 0.5) is 0 Å². The van der Waals surface area contributed by atoms with E-state index in [9.17, 15) is 4.79 Å². The van der Waals surface area contributed by atoms with Gasteiger partial charge in [0, 0.05) is 0 Å². The molecule has 0 spiro atoms. The largest absolute Gasteiger partial charge is 0.497 e. The van der Waals surface area contributed by atoms with Crippen molar-refractivity contribution in [2.45, 2.75) is 39.3 Å². The van der Waals surface area contributed by atoms with Gasteiger partial charge in [-0.3, -0.25) is 4.79 Å². The summed E-state index contributed by atoms with van der Waals surface area (Å²) in [6.45, 7) is 6.22. The van der Waals surface area contributed by atoms with Gasteiger partial charge in [-0.1, -0.05) is 24.6 Å². The molecule has 1 N–H and O–H groups in total. The third kappa shape index (κ3) is 5.99. The first-order valence-electron chi connectivity index (χ1n) is 8.82. The molecule has 0 saturated carbocycles. The maximum atomic E-state index is 12.4. The zero-order valence-corrected chi connectivity index (χ0v) is 15.8. The number of carbonyl (C=O) groups excluding carboxylic acids is 1. The van der Waals surface area contributed by atoms with Gasteiger partial charge in [-0.15, -0.1) is 0 Å². The summed E-state index contributed by atoms with van der Waals surface area (Å²) in [5.74, 6) is 2.06. The van der Waals surface area contributed by atoms with Gasteiger partial charge in [0.2, 0.25) is 0 Å². The van der Waals surface area contributed by atoms with E-state index in [0.29, 0.717) is 18.8 Å². The van der Waals surface area contributed by atoms with Crippen molar-refractivity contribution in [2.24, 2.45) is 0 Å². The Morgan fingerprint density at radius 2 is 1.58 bits per heavy atom. The number of nitrogens with one attached hydrogen (secondary N) is 1. The molecule has 140 valence electrons. The second-order valence-corrected chi connectivity index (χ2v) is 6.22. The highest BCUT2D eigenvalue weighted by Crippen LogP contribution is 2.17. The zero-order chi connectivity index (χ0) is 18.9. The van der Waals surface area contributed by atoms with Gasteiger partial charge in [-0.2, -0.15) is 0 Å². The number of hydrogen-bond donors (Lipinski definition) is 1. The van der Waals surface area contributed by atoms with Crippen molar-refractivity contribution >= 4 is 5.91 Å². The summed E-state index contributed by atoms with van der Waals surface area (Å²) in [6, 6.07) is 14.9. The van der Waals surface area contributed by atoms with E-state index in [1.165, 1.54) is 0 Å². The average Bonchev–Trinajstić information content (AvgIpc) is 2.66. The summed E-state index contributed by atoms with van der Waals surface area (Å²) >= 11 is 0. The van der Waals surface area contributed by atoms with Crippen molar-refractivity contribution in [2.75, 3.05) is 13.7 Å². The van der Waals surface area contributed by atoms with Crippen LogP contribution in [0.2, 0.25) is 0 Å². The normalized spacial score (nSPS) is 12.8. The lowest BCUT2D eigenvalue weighted by molar-refractivity contribution is -0.128. The summed E-state index contributed by atoms with van der Waals surface area (Å²) in [4.78, 5) is 12.4. The minimum absolute atomic E-state index is 0.139. The van der Waals surface area contributed by atoms with Gasteiger partial charge in [0.1, 0.15) is 23.9 Å². The van der Waals surface area contributed by atoms with E-state index in [2.05, 4.69) is 5.32 Å². The Balaban J connectivity index is 1.82. The van der Waals surface area contributed by atoms with Gasteiger partial charge in [0.15, 0.2) is 6.10 Å². The number of carbonyl (C=O) groups is 1. The maximum Gasteiger partial charge on any atom is 0.261 e. The first-order chi connectivity index (χ1) is 12.5. The van der Waals surface area contributed by atoms with Crippen LogP contribution >= 0.6 is 0 Å². The Hall–Kier alpha value is -2.69. The Morgan fingerprint density at radius 3 is 2.15 bits per heavy atom. The molecule has 0 aliphatic carbocycles. The predicted octanol–water partition coefficient (Wildman–Crippen LogP) is 3.74. The van der Waals surface area contributed by atoms with Gasteiger partial charge in [-0.25, -0.2) is 0 Å². The maximum absolute atomic E-state index is 12.4. The van der Waals surface area contributed by atoms with Crippen molar-refractivity contribution in [3.8, 4) is 17.2 Å². The number of benzene rings is 2. The first kappa shape index (κ1) is 19.6. The van der Waals surface area contributed by atoms with Gasteiger partial charge < -0.3 is 19.5 Å². The van der Waals surface area contributed by atoms with E-state index in [0.717, 1.165) is 17.1 Å². The molecule has 5 heteroatoms. The van der Waals surface area contributed by atoms with Crippen LogP contribution in [0.5, 0.6) is 17.2 Å². The Morgan fingerprint density at radius 1 is 1.00 bits per heavy atom. The van der Waals surface area contributed by atoms with E-state index in [-0.39, 0.29) is 11.9 Å². The Kier molecular flexibility index (Phi) is 7.33. The molecule has 0 saturated heterocycles. The minimum Gasteiger partial charge on any atom is -0.497 e. The van der Waals surface area contributed by atoms with Crippen LogP contribution in [0.15, 0.2) is 48.5 Å². The van der Waals surface area contributed by atoms with Crippen molar-refractivity contribution < 1.29 is 19.0 Å². The van der Waals surface area contributed by atoms with Crippen LogP contribution in [0.3, 0.4) is 0 Å². The zero-order valence-electron chi connectivity index (χ0n) is 15.8. The number of aryl methyl sites for hydroxylation is 1. The molecule has 5 nitrogen and oxygen atoms in total. The van der Waals surface area contributed by atoms with E-state index in [4.69, 9.17) is 14.2 Å². The summed E-state index contributed by atoms with van der Waals surface area (Å²) < 4.78 is 16.6. The summed E-state index contributed by atoms with van der Waals surface area (Å²) in [5, 5.41) is 2.94. The summed E-state index contributed by atoms with van der Waals surface area (Å²) in [7, 11) is 1.62. The molecular weight excluding hydrogens is 330 g/mol. The Labute approximate surface area is 155 Å². The first-order valence-corrected chi connectivity index (χ1v) is 8.82. The van der Waals surface area contributed by atoms with Crippen molar-refractivity contribution in [3.63, 3.8) is 0 Å². The van der Waals surface area contributed by atoms with Gasteiger partial charge in [-0.05, 0) is 56.7 Å². The lowest BCUT2D eigenvalue weighted by Gasteiger charge is -2.21. The number of ether oxygens (including phenoxy) is 3. The van der Waals surface area contributed by atoms with Crippen LogP contribution < -0.4 is 19.5 Å². The third-order valence-corrected chi connectivity index (χ3v) is 3.91. The monoisotopic (exact) mass is 357 g/mol. The smallest absolute Gasteiger partial charge is 0.261 e. The second kappa shape index (κ2) is 9.70. The summed E-state index contributed by atoms with van der Waals surface area (Å²) in [6.07, 6.45) is 0.0623. The molecule has 2 atom stereocenters. The number of methoxy groups -OCH3 is 1.